The highest BCUT2D eigenvalue weighted by atomic mass is 16.2. The third kappa shape index (κ3) is 3.76. The van der Waals surface area contributed by atoms with Gasteiger partial charge < -0.3 is 5.32 Å². The number of nitrogens with one attached hydrogen (secondary N) is 1. The molecule has 1 N–H and O–H groups in total. The zero-order valence-corrected chi connectivity index (χ0v) is 13.0. The first-order chi connectivity index (χ1) is 10.7. The minimum absolute atomic E-state index is 0.0988. The van der Waals surface area contributed by atoms with Crippen molar-refractivity contribution in [2.75, 3.05) is 0 Å². The molecule has 0 bridgehead atoms. The van der Waals surface area contributed by atoms with E-state index in [-0.39, 0.29) is 17.9 Å². The molecule has 2 aromatic rings. The number of carbonyl (C=O) groups is 1. The Morgan fingerprint density at radius 1 is 1.09 bits per heavy atom. The fourth-order valence-electron chi connectivity index (χ4n) is 2.93. The van der Waals surface area contributed by atoms with Crippen LogP contribution in [0.1, 0.15) is 36.9 Å². The summed E-state index contributed by atoms with van der Waals surface area (Å²) in [5, 5.41) is 3.26. The van der Waals surface area contributed by atoms with Crippen LogP contribution >= 0.6 is 0 Å². The standard InChI is InChI=1S/C20H23NO/c1-15-14-18(15)20(22)21-19(17-10-6-3-7-11-17)13-12-16-8-4-2-5-9-16/h2-11,15,18-19H,12-14H2,1H3,(H,21,22)/t15-,18+,19-/m1/s1. The highest BCUT2D eigenvalue weighted by Crippen LogP contribution is 2.38. The summed E-state index contributed by atoms with van der Waals surface area (Å²) < 4.78 is 0. The van der Waals surface area contributed by atoms with Gasteiger partial charge in [0, 0.05) is 5.92 Å². The number of hydrogen-bond acceptors (Lipinski definition) is 1. The van der Waals surface area contributed by atoms with Crippen LogP contribution in [-0.4, -0.2) is 5.91 Å². The summed E-state index contributed by atoms with van der Waals surface area (Å²) in [4.78, 5) is 12.3. The maximum absolute atomic E-state index is 12.3. The Morgan fingerprint density at radius 3 is 2.27 bits per heavy atom. The van der Waals surface area contributed by atoms with E-state index in [2.05, 4.69) is 48.6 Å². The van der Waals surface area contributed by atoms with Gasteiger partial charge in [-0.05, 0) is 36.3 Å². The van der Waals surface area contributed by atoms with Gasteiger partial charge in [0.2, 0.25) is 5.91 Å². The number of hydrogen-bond donors (Lipinski definition) is 1. The molecule has 0 spiro atoms. The van der Waals surface area contributed by atoms with Crippen LogP contribution in [0, 0.1) is 11.8 Å². The molecule has 0 aliphatic heterocycles. The molecule has 1 aliphatic rings. The van der Waals surface area contributed by atoms with Gasteiger partial charge in [-0.1, -0.05) is 67.6 Å². The van der Waals surface area contributed by atoms with Gasteiger partial charge in [0.25, 0.3) is 0 Å². The van der Waals surface area contributed by atoms with Crippen molar-refractivity contribution in [2.24, 2.45) is 11.8 Å². The van der Waals surface area contributed by atoms with Crippen LogP contribution in [0.25, 0.3) is 0 Å². The van der Waals surface area contributed by atoms with Gasteiger partial charge >= 0.3 is 0 Å². The van der Waals surface area contributed by atoms with Crippen molar-refractivity contribution >= 4 is 5.91 Å². The van der Waals surface area contributed by atoms with Crippen molar-refractivity contribution in [3.63, 3.8) is 0 Å². The third-order valence-corrected chi connectivity index (χ3v) is 4.53. The van der Waals surface area contributed by atoms with Crippen LogP contribution in [0.3, 0.4) is 0 Å². The monoisotopic (exact) mass is 293 g/mol. The molecule has 1 aliphatic carbocycles. The van der Waals surface area contributed by atoms with E-state index in [1.807, 2.05) is 24.3 Å². The lowest BCUT2D eigenvalue weighted by Gasteiger charge is -2.19. The molecule has 3 rings (SSSR count). The third-order valence-electron chi connectivity index (χ3n) is 4.53. The molecule has 2 nitrogen and oxygen atoms in total. The summed E-state index contributed by atoms with van der Waals surface area (Å²) in [6.45, 7) is 2.14. The summed E-state index contributed by atoms with van der Waals surface area (Å²) in [6, 6.07) is 20.9. The Kier molecular flexibility index (Phi) is 4.57. The minimum atomic E-state index is 0.0988. The molecule has 0 heterocycles. The molecule has 1 amide bonds. The average molecular weight is 293 g/mol. The van der Waals surface area contributed by atoms with Crippen molar-refractivity contribution < 1.29 is 4.79 Å². The fraction of sp³-hybridized carbons (Fsp3) is 0.350. The first kappa shape index (κ1) is 14.8. The van der Waals surface area contributed by atoms with Crippen molar-refractivity contribution in [3.8, 4) is 0 Å². The molecule has 0 radical (unpaired) electrons. The van der Waals surface area contributed by atoms with Crippen LogP contribution in [0.4, 0.5) is 0 Å². The molecule has 2 aromatic carbocycles. The smallest absolute Gasteiger partial charge is 0.223 e. The zero-order valence-electron chi connectivity index (χ0n) is 13.0. The lowest BCUT2D eigenvalue weighted by atomic mass is 9.98. The molecule has 3 atom stereocenters. The highest BCUT2D eigenvalue weighted by molar-refractivity contribution is 5.81. The van der Waals surface area contributed by atoms with Gasteiger partial charge in [0.15, 0.2) is 0 Å². The van der Waals surface area contributed by atoms with Gasteiger partial charge in [-0.15, -0.1) is 0 Å². The van der Waals surface area contributed by atoms with Gasteiger partial charge in [-0.25, -0.2) is 0 Å². The Bertz CT molecular complexity index is 608. The second-order valence-electron chi connectivity index (χ2n) is 6.32. The van der Waals surface area contributed by atoms with Gasteiger partial charge in [0.1, 0.15) is 0 Å². The van der Waals surface area contributed by atoms with E-state index in [0.717, 1.165) is 19.3 Å². The van der Waals surface area contributed by atoms with E-state index < -0.39 is 0 Å². The summed E-state index contributed by atoms with van der Waals surface area (Å²) in [7, 11) is 0. The van der Waals surface area contributed by atoms with Gasteiger partial charge in [0.05, 0.1) is 6.04 Å². The maximum atomic E-state index is 12.3. The highest BCUT2D eigenvalue weighted by Gasteiger charge is 2.39. The Labute approximate surface area is 132 Å². The molecular weight excluding hydrogens is 270 g/mol. The zero-order chi connectivity index (χ0) is 15.4. The quantitative estimate of drug-likeness (QED) is 0.852. The predicted molar refractivity (Wildman–Crippen MR) is 89.4 cm³/mol. The lowest BCUT2D eigenvalue weighted by molar-refractivity contribution is -0.123. The number of aryl methyl sites for hydroxylation is 1. The van der Waals surface area contributed by atoms with Crippen molar-refractivity contribution in [2.45, 2.75) is 32.2 Å². The number of amides is 1. The summed E-state index contributed by atoms with van der Waals surface area (Å²) in [5.74, 6) is 0.989. The Hall–Kier alpha value is -2.09. The van der Waals surface area contributed by atoms with Crippen molar-refractivity contribution in [3.05, 3.63) is 71.8 Å². The molecule has 0 unspecified atom stereocenters. The second kappa shape index (κ2) is 6.78. The van der Waals surface area contributed by atoms with Crippen molar-refractivity contribution in [1.82, 2.24) is 5.32 Å². The fourth-order valence-corrected chi connectivity index (χ4v) is 2.93. The average Bonchev–Trinajstić information content (AvgIpc) is 3.30. The maximum Gasteiger partial charge on any atom is 0.223 e. The largest absolute Gasteiger partial charge is 0.349 e. The predicted octanol–water partition coefficient (Wildman–Crippen LogP) is 4.13. The normalized spacial score (nSPS) is 21.1. The first-order valence-corrected chi connectivity index (χ1v) is 8.13. The Morgan fingerprint density at radius 2 is 1.68 bits per heavy atom. The van der Waals surface area contributed by atoms with Gasteiger partial charge in [-0.2, -0.15) is 0 Å². The van der Waals surface area contributed by atoms with E-state index in [9.17, 15) is 4.79 Å². The van der Waals surface area contributed by atoms with Crippen LogP contribution in [0.5, 0.6) is 0 Å². The summed E-state index contributed by atoms with van der Waals surface area (Å²) in [5.41, 5.74) is 2.51. The SMILES string of the molecule is C[C@@H]1C[C@@H]1C(=O)N[C@H](CCc1ccccc1)c1ccccc1. The molecule has 0 saturated heterocycles. The van der Waals surface area contributed by atoms with E-state index in [1.54, 1.807) is 0 Å². The van der Waals surface area contributed by atoms with Crippen LogP contribution in [-0.2, 0) is 11.2 Å². The second-order valence-corrected chi connectivity index (χ2v) is 6.32. The number of benzene rings is 2. The molecular formula is C20H23NO. The molecule has 2 heteroatoms. The molecule has 0 aromatic heterocycles. The summed E-state index contributed by atoms with van der Waals surface area (Å²) >= 11 is 0. The van der Waals surface area contributed by atoms with E-state index >= 15 is 0 Å². The van der Waals surface area contributed by atoms with Crippen molar-refractivity contribution in [1.29, 1.82) is 0 Å². The minimum Gasteiger partial charge on any atom is -0.349 e. The van der Waals surface area contributed by atoms with Crippen LogP contribution < -0.4 is 5.32 Å². The first-order valence-electron chi connectivity index (χ1n) is 8.13. The molecule has 1 fully saturated rings. The summed E-state index contributed by atoms with van der Waals surface area (Å²) in [6.07, 6.45) is 2.94. The molecule has 1 saturated carbocycles. The lowest BCUT2D eigenvalue weighted by Crippen LogP contribution is -2.30. The number of carbonyl (C=O) groups excluding carboxylic acids is 1. The Balaban J connectivity index is 1.67. The molecule has 114 valence electrons. The van der Waals surface area contributed by atoms with Gasteiger partial charge in [-0.3, -0.25) is 4.79 Å². The number of rotatable bonds is 6. The topological polar surface area (TPSA) is 29.1 Å². The van der Waals surface area contributed by atoms with Crippen LogP contribution in [0.2, 0.25) is 0 Å². The molecule has 22 heavy (non-hydrogen) atoms. The van der Waals surface area contributed by atoms with Crippen LogP contribution in [0.15, 0.2) is 60.7 Å². The van der Waals surface area contributed by atoms with E-state index in [0.29, 0.717) is 5.92 Å². The van der Waals surface area contributed by atoms with E-state index in [4.69, 9.17) is 0 Å². The van der Waals surface area contributed by atoms with E-state index in [1.165, 1.54) is 11.1 Å².